The first kappa shape index (κ1) is 23.7. The van der Waals surface area contributed by atoms with Crippen molar-refractivity contribution in [2.75, 3.05) is 18.0 Å². The number of thiazole rings is 1. The lowest BCUT2D eigenvalue weighted by Gasteiger charge is -2.31. The maximum atomic E-state index is 13.1. The third-order valence-electron chi connectivity index (χ3n) is 5.95. The Balaban J connectivity index is 1.40. The summed E-state index contributed by atoms with van der Waals surface area (Å²) < 4.78 is 26.1. The maximum Gasteiger partial charge on any atom is 0.289 e. The number of anilines is 1. The van der Waals surface area contributed by atoms with Crippen molar-refractivity contribution >= 4 is 43.6 Å². The Bertz CT molecular complexity index is 1250. The fourth-order valence-corrected chi connectivity index (χ4v) is 6.80. The summed E-state index contributed by atoms with van der Waals surface area (Å²) >= 11 is 7.40. The van der Waals surface area contributed by atoms with E-state index < -0.39 is 25.7 Å². The van der Waals surface area contributed by atoms with E-state index in [1.165, 1.54) is 23.3 Å². The lowest BCUT2D eigenvalue weighted by Crippen LogP contribution is -2.39. The summed E-state index contributed by atoms with van der Waals surface area (Å²) in [7, 11) is -3.69. The van der Waals surface area contributed by atoms with Crippen molar-refractivity contribution in [3.63, 3.8) is 0 Å². The summed E-state index contributed by atoms with van der Waals surface area (Å²) in [5.41, 5.74) is 3.13. The van der Waals surface area contributed by atoms with Gasteiger partial charge in [-0.25, -0.2) is 13.4 Å². The molecule has 3 aromatic rings. The van der Waals surface area contributed by atoms with E-state index in [0.29, 0.717) is 25.9 Å². The highest BCUT2D eigenvalue weighted by Gasteiger charge is 2.33. The van der Waals surface area contributed by atoms with E-state index in [-0.39, 0.29) is 9.92 Å². The SMILES string of the molecule is CCc1ccc(Cc2csc(N3CCC(S(=O)(=O)c4ccc(Cl)c([N+](=O)[O-])c4)CC3)n2)cc1. The van der Waals surface area contributed by atoms with Gasteiger partial charge in [0.25, 0.3) is 5.69 Å². The van der Waals surface area contributed by atoms with Crippen molar-refractivity contribution in [3.8, 4) is 0 Å². The third-order valence-corrected chi connectivity index (χ3v) is 9.48. The monoisotopic (exact) mass is 505 g/mol. The molecule has 33 heavy (non-hydrogen) atoms. The van der Waals surface area contributed by atoms with E-state index in [4.69, 9.17) is 16.6 Å². The lowest BCUT2D eigenvalue weighted by molar-refractivity contribution is -0.384. The molecule has 7 nitrogen and oxygen atoms in total. The molecule has 2 heterocycles. The van der Waals surface area contributed by atoms with Crippen LogP contribution < -0.4 is 4.90 Å². The largest absolute Gasteiger partial charge is 0.348 e. The van der Waals surface area contributed by atoms with Crippen molar-refractivity contribution < 1.29 is 13.3 Å². The average Bonchev–Trinajstić information content (AvgIpc) is 3.28. The lowest BCUT2D eigenvalue weighted by atomic mass is 10.1. The van der Waals surface area contributed by atoms with Crippen LogP contribution in [-0.4, -0.2) is 36.7 Å². The van der Waals surface area contributed by atoms with Crippen molar-refractivity contribution in [1.29, 1.82) is 0 Å². The molecule has 10 heteroatoms. The van der Waals surface area contributed by atoms with Gasteiger partial charge in [-0.15, -0.1) is 11.3 Å². The number of sulfone groups is 1. The number of nitrogens with zero attached hydrogens (tertiary/aromatic N) is 3. The Kier molecular flexibility index (Phi) is 7.02. The Morgan fingerprint density at radius 1 is 1.15 bits per heavy atom. The number of aromatic nitrogens is 1. The average molecular weight is 506 g/mol. The van der Waals surface area contributed by atoms with Crippen molar-refractivity contribution in [3.05, 3.63) is 79.8 Å². The summed E-state index contributed by atoms with van der Waals surface area (Å²) in [6.07, 6.45) is 2.65. The maximum absolute atomic E-state index is 13.1. The summed E-state index contributed by atoms with van der Waals surface area (Å²) in [6.45, 7) is 3.27. The molecule has 1 fully saturated rings. The molecule has 0 amide bonds. The molecule has 1 aliphatic rings. The van der Waals surface area contributed by atoms with Gasteiger partial charge in [-0.2, -0.15) is 0 Å². The summed E-state index contributed by atoms with van der Waals surface area (Å²) in [5, 5.41) is 13.4. The molecule has 0 radical (unpaired) electrons. The molecule has 2 aromatic carbocycles. The summed E-state index contributed by atoms with van der Waals surface area (Å²) in [4.78, 5) is 17.3. The van der Waals surface area contributed by atoms with Crippen molar-refractivity contribution in [2.45, 2.75) is 42.8 Å². The van der Waals surface area contributed by atoms with Crippen LogP contribution in [-0.2, 0) is 22.7 Å². The second-order valence-corrected chi connectivity index (χ2v) is 11.5. The molecule has 1 aliphatic heterocycles. The molecule has 4 rings (SSSR count). The van der Waals surface area contributed by atoms with E-state index in [2.05, 4.69) is 41.5 Å². The number of rotatable bonds is 7. The third kappa shape index (κ3) is 5.20. The van der Waals surface area contributed by atoms with Crippen LogP contribution >= 0.6 is 22.9 Å². The molecule has 0 bridgehead atoms. The predicted molar refractivity (Wildman–Crippen MR) is 131 cm³/mol. The van der Waals surface area contributed by atoms with Gasteiger partial charge in [-0.05, 0) is 42.5 Å². The minimum Gasteiger partial charge on any atom is -0.348 e. The van der Waals surface area contributed by atoms with Crippen LogP contribution in [0.2, 0.25) is 5.02 Å². The van der Waals surface area contributed by atoms with Gasteiger partial charge < -0.3 is 4.90 Å². The number of halogens is 1. The zero-order valence-electron chi connectivity index (χ0n) is 18.1. The molecular formula is C23H24ClN3O4S2. The van der Waals surface area contributed by atoms with E-state index in [1.54, 1.807) is 11.3 Å². The van der Waals surface area contributed by atoms with Crippen LogP contribution in [0, 0.1) is 10.1 Å². The van der Waals surface area contributed by atoms with Gasteiger partial charge in [0.2, 0.25) is 0 Å². The topological polar surface area (TPSA) is 93.4 Å². The highest BCUT2D eigenvalue weighted by molar-refractivity contribution is 7.92. The molecule has 0 saturated carbocycles. The first-order valence-corrected chi connectivity index (χ1v) is 13.5. The number of benzene rings is 2. The highest BCUT2D eigenvalue weighted by Crippen LogP contribution is 2.33. The second kappa shape index (κ2) is 9.79. The second-order valence-electron chi connectivity index (χ2n) is 8.07. The molecule has 0 spiro atoms. The molecule has 1 aromatic heterocycles. The van der Waals surface area contributed by atoms with E-state index >= 15 is 0 Å². The van der Waals surface area contributed by atoms with Gasteiger partial charge in [0.15, 0.2) is 15.0 Å². The normalized spacial score (nSPS) is 15.0. The standard InChI is InChI=1S/C23H24ClN3O4S2/c1-2-16-3-5-17(6-4-16)13-18-15-32-23(25-18)26-11-9-19(10-12-26)33(30,31)20-7-8-21(24)22(14-20)27(28)29/h3-8,14-15,19H,2,9-13H2,1H3. The fourth-order valence-electron chi connectivity index (χ4n) is 3.98. The van der Waals surface area contributed by atoms with Gasteiger partial charge >= 0.3 is 0 Å². The zero-order chi connectivity index (χ0) is 23.6. The molecule has 0 N–H and O–H groups in total. The quantitative estimate of drug-likeness (QED) is 0.319. The molecule has 174 valence electrons. The molecule has 1 saturated heterocycles. The molecular weight excluding hydrogens is 482 g/mol. The summed E-state index contributed by atoms with van der Waals surface area (Å²) in [5.74, 6) is 0. The first-order valence-electron chi connectivity index (χ1n) is 10.7. The van der Waals surface area contributed by atoms with Crippen LogP contribution in [0.4, 0.5) is 10.8 Å². The van der Waals surface area contributed by atoms with E-state index in [9.17, 15) is 18.5 Å². The number of piperidine rings is 1. The van der Waals surface area contributed by atoms with Crippen LogP contribution in [0.15, 0.2) is 52.7 Å². The minimum atomic E-state index is -3.69. The fraction of sp³-hybridized carbons (Fsp3) is 0.348. The predicted octanol–water partition coefficient (Wildman–Crippen LogP) is 5.30. The van der Waals surface area contributed by atoms with E-state index in [0.717, 1.165) is 29.7 Å². The Morgan fingerprint density at radius 3 is 2.45 bits per heavy atom. The van der Waals surface area contributed by atoms with Gasteiger partial charge in [-0.3, -0.25) is 10.1 Å². The number of hydrogen-bond donors (Lipinski definition) is 0. The molecule has 0 aliphatic carbocycles. The van der Waals surface area contributed by atoms with Crippen LogP contribution in [0.25, 0.3) is 0 Å². The van der Waals surface area contributed by atoms with Gasteiger partial charge in [0, 0.05) is 31.0 Å². The number of nitro benzene ring substituents is 1. The van der Waals surface area contributed by atoms with Gasteiger partial charge in [0.05, 0.1) is 20.8 Å². The first-order chi connectivity index (χ1) is 15.8. The molecule has 0 unspecified atom stereocenters. The van der Waals surface area contributed by atoms with Gasteiger partial charge in [-0.1, -0.05) is 42.8 Å². The Labute approximate surface area is 202 Å². The van der Waals surface area contributed by atoms with Crippen molar-refractivity contribution in [2.24, 2.45) is 0 Å². The Hall–Kier alpha value is -2.49. The van der Waals surface area contributed by atoms with Gasteiger partial charge in [0.1, 0.15) is 5.02 Å². The highest BCUT2D eigenvalue weighted by atomic mass is 35.5. The van der Waals surface area contributed by atoms with Crippen LogP contribution in [0.5, 0.6) is 0 Å². The minimum absolute atomic E-state index is 0.0531. The number of aryl methyl sites for hydroxylation is 1. The van der Waals surface area contributed by atoms with Crippen molar-refractivity contribution in [1.82, 2.24) is 4.98 Å². The van der Waals surface area contributed by atoms with Crippen LogP contribution in [0.3, 0.4) is 0 Å². The van der Waals surface area contributed by atoms with E-state index in [1.807, 2.05) is 0 Å². The Morgan fingerprint density at radius 2 is 1.82 bits per heavy atom. The van der Waals surface area contributed by atoms with Crippen LogP contribution in [0.1, 0.15) is 36.6 Å². The number of nitro groups is 1. The number of hydrogen-bond acceptors (Lipinski definition) is 7. The summed E-state index contributed by atoms with van der Waals surface area (Å²) in [6, 6.07) is 12.2. The zero-order valence-corrected chi connectivity index (χ0v) is 20.5. The molecule has 0 atom stereocenters. The smallest absolute Gasteiger partial charge is 0.289 e.